The maximum Gasteiger partial charge on any atom is 0.417 e. The summed E-state index contributed by atoms with van der Waals surface area (Å²) in [5.74, 6) is -1.65. The van der Waals surface area contributed by atoms with Crippen molar-refractivity contribution in [2.24, 2.45) is 0 Å². The van der Waals surface area contributed by atoms with E-state index in [9.17, 15) is 46.1 Å². The van der Waals surface area contributed by atoms with Crippen LogP contribution in [-0.4, -0.2) is 80.0 Å². The lowest BCUT2D eigenvalue weighted by molar-refractivity contribution is -0.137. The molecule has 2 unspecified atom stereocenters. The normalized spacial score (nSPS) is 13.0. The fourth-order valence-corrected chi connectivity index (χ4v) is 7.25. The molecule has 4 N–H and O–H groups in total. The highest BCUT2D eigenvalue weighted by molar-refractivity contribution is 7.13. The molecular weight excluding hydrogens is 859 g/mol. The quantitative estimate of drug-likeness (QED) is 0.0911. The molecule has 2 amide bonds. The van der Waals surface area contributed by atoms with Gasteiger partial charge in [-0.25, -0.2) is 19.5 Å². The Morgan fingerprint density at radius 2 is 1.46 bits per heavy atom. The van der Waals surface area contributed by atoms with E-state index in [1.165, 1.54) is 91.4 Å². The molecule has 2 atom stereocenters. The molecule has 0 aliphatic heterocycles. The summed E-state index contributed by atoms with van der Waals surface area (Å²) in [5, 5.41) is 35.8. The molecule has 8 rings (SSSR count). The number of hydrogen-bond donors (Lipinski definition) is 4. The highest BCUT2D eigenvalue weighted by Gasteiger charge is 2.35. The third-order valence-corrected chi connectivity index (χ3v) is 10.4. The van der Waals surface area contributed by atoms with Crippen LogP contribution in [0.4, 0.5) is 38.0 Å². The lowest BCUT2D eigenvalue weighted by atomic mass is 10.00. The van der Waals surface area contributed by atoms with Gasteiger partial charge in [0, 0.05) is 40.3 Å². The highest BCUT2D eigenvalue weighted by Crippen LogP contribution is 2.38. The molecular formula is C41H30F6N10O5S. The van der Waals surface area contributed by atoms with Gasteiger partial charge in [0.1, 0.15) is 11.9 Å². The van der Waals surface area contributed by atoms with Crippen molar-refractivity contribution in [1.82, 2.24) is 39.2 Å². The second-order valence-corrected chi connectivity index (χ2v) is 15.0. The number of carbonyl (C=O) groups excluding carboxylic acids is 2. The minimum Gasteiger partial charge on any atom is -0.469 e. The zero-order valence-electron chi connectivity index (χ0n) is 32.3. The lowest BCUT2D eigenvalue weighted by Crippen LogP contribution is -2.37. The molecule has 6 heterocycles. The summed E-state index contributed by atoms with van der Waals surface area (Å²) in [6.45, 7) is 0.982. The number of halogens is 6. The van der Waals surface area contributed by atoms with Gasteiger partial charge in [0.05, 0.1) is 47.6 Å². The molecule has 0 aliphatic carbocycles. The topological polar surface area (TPSA) is 194 Å². The van der Waals surface area contributed by atoms with Crippen molar-refractivity contribution in [3.05, 3.63) is 136 Å². The number of aromatic nitrogens is 8. The number of pyridine rings is 1. The number of alkyl halides is 6. The first kappa shape index (κ1) is 42.4. The standard InChI is InChI=1S/C41H30F6N10O5S/c1-21-17-50-39(63-21)38(61)53-34-19-49-36-22(15-28(55-57(34)36)24-8-3-5-10-26(24)41(45,46)47)16-30(59)31(20-58)62-35-12-6-11-32(51-35)52-37(60)29-18-48-33-14-13-27(54-56(29)33)23-7-2-4-9-25(23)40(42,43)44/h2-15,17-19,30-31,58-59H,16,20H2,1H3,(H,53,61)(H,51,52,60). The number of carbonyl (C=O) groups is 2. The average Bonchev–Trinajstić information content (AvgIpc) is 4.00. The number of nitrogens with zero attached hydrogens (tertiary/aromatic N) is 8. The third-order valence-electron chi connectivity index (χ3n) is 9.49. The van der Waals surface area contributed by atoms with E-state index in [-0.39, 0.29) is 74.0 Å². The highest BCUT2D eigenvalue weighted by atomic mass is 32.1. The van der Waals surface area contributed by atoms with Crippen LogP contribution in [0, 0.1) is 6.92 Å². The van der Waals surface area contributed by atoms with Crippen molar-refractivity contribution in [1.29, 1.82) is 0 Å². The molecule has 0 radical (unpaired) electrons. The Bertz CT molecular complexity index is 3000. The van der Waals surface area contributed by atoms with Crippen molar-refractivity contribution in [3.63, 3.8) is 0 Å². The number of fused-ring (bicyclic) bond motifs is 2. The number of ether oxygens (including phenoxy) is 1. The first-order valence-corrected chi connectivity index (χ1v) is 19.4. The van der Waals surface area contributed by atoms with Gasteiger partial charge in [-0.1, -0.05) is 42.5 Å². The lowest BCUT2D eigenvalue weighted by Gasteiger charge is -2.22. The Hall–Kier alpha value is -7.30. The number of anilines is 2. The molecule has 6 aromatic heterocycles. The summed E-state index contributed by atoms with van der Waals surface area (Å²) in [5.41, 5.74) is -2.40. The number of aliphatic hydroxyl groups is 2. The molecule has 0 saturated carbocycles. The van der Waals surface area contributed by atoms with Crippen LogP contribution in [0.3, 0.4) is 0 Å². The zero-order valence-corrected chi connectivity index (χ0v) is 33.1. The average molecular weight is 889 g/mol. The van der Waals surface area contributed by atoms with E-state index < -0.39 is 54.1 Å². The number of hydrogen-bond acceptors (Lipinski definition) is 12. The van der Waals surface area contributed by atoms with Crippen LogP contribution in [0.1, 0.15) is 41.9 Å². The summed E-state index contributed by atoms with van der Waals surface area (Å²) < 4.78 is 91.9. The fraction of sp³-hybridized carbons (Fsp3) is 0.171. The third kappa shape index (κ3) is 8.89. The van der Waals surface area contributed by atoms with Gasteiger partial charge in [0.2, 0.25) is 5.88 Å². The van der Waals surface area contributed by atoms with Gasteiger partial charge in [-0.15, -0.1) is 11.3 Å². The monoisotopic (exact) mass is 888 g/mol. The van der Waals surface area contributed by atoms with Crippen LogP contribution < -0.4 is 15.4 Å². The first-order chi connectivity index (χ1) is 30.1. The van der Waals surface area contributed by atoms with Gasteiger partial charge >= 0.3 is 12.4 Å². The summed E-state index contributed by atoms with van der Waals surface area (Å²) in [6.07, 6.45) is -8.82. The van der Waals surface area contributed by atoms with E-state index in [1.807, 2.05) is 0 Å². The number of amides is 2. The molecule has 0 spiro atoms. The maximum atomic E-state index is 14.2. The molecule has 15 nitrogen and oxygen atoms in total. The van der Waals surface area contributed by atoms with Crippen molar-refractivity contribution < 1.29 is 50.9 Å². The number of nitrogens with one attached hydrogen (secondary N) is 2. The van der Waals surface area contributed by atoms with Crippen molar-refractivity contribution >= 4 is 46.1 Å². The smallest absolute Gasteiger partial charge is 0.417 e. The number of rotatable bonds is 12. The van der Waals surface area contributed by atoms with Crippen LogP contribution in [-0.2, 0) is 18.8 Å². The summed E-state index contributed by atoms with van der Waals surface area (Å²) >= 11 is 1.12. The zero-order chi connectivity index (χ0) is 44.6. The van der Waals surface area contributed by atoms with E-state index in [1.54, 1.807) is 6.92 Å². The second kappa shape index (κ2) is 16.9. The number of aryl methyl sites for hydroxylation is 1. The summed E-state index contributed by atoms with van der Waals surface area (Å²) in [4.78, 5) is 44.0. The predicted octanol–water partition coefficient (Wildman–Crippen LogP) is 7.15. The van der Waals surface area contributed by atoms with Gasteiger partial charge in [-0.3, -0.25) is 9.59 Å². The van der Waals surface area contributed by atoms with E-state index in [0.29, 0.717) is 0 Å². The van der Waals surface area contributed by atoms with Gasteiger partial charge in [0.25, 0.3) is 11.8 Å². The van der Waals surface area contributed by atoms with Crippen molar-refractivity contribution in [2.45, 2.75) is 37.9 Å². The maximum absolute atomic E-state index is 14.2. The second-order valence-electron chi connectivity index (χ2n) is 13.8. The molecule has 322 valence electrons. The van der Waals surface area contributed by atoms with Gasteiger partial charge in [-0.05, 0) is 43.3 Å². The molecule has 2 aromatic carbocycles. The Kier molecular flexibility index (Phi) is 11.4. The fourth-order valence-electron chi connectivity index (χ4n) is 6.59. The van der Waals surface area contributed by atoms with Crippen molar-refractivity contribution in [3.8, 4) is 28.4 Å². The van der Waals surface area contributed by atoms with Crippen LogP contribution in [0.25, 0.3) is 33.8 Å². The largest absolute Gasteiger partial charge is 0.469 e. The number of benzene rings is 2. The Morgan fingerprint density at radius 1 is 0.778 bits per heavy atom. The molecule has 63 heavy (non-hydrogen) atoms. The first-order valence-electron chi connectivity index (χ1n) is 18.6. The van der Waals surface area contributed by atoms with Gasteiger partial charge in [0.15, 0.2) is 27.8 Å². The number of aliphatic hydroxyl groups excluding tert-OH is 2. The molecule has 22 heteroatoms. The Morgan fingerprint density at radius 3 is 2.13 bits per heavy atom. The summed E-state index contributed by atoms with van der Waals surface area (Å²) in [6, 6.07) is 17.9. The van der Waals surface area contributed by atoms with Gasteiger partial charge in [-0.2, -0.15) is 46.0 Å². The summed E-state index contributed by atoms with van der Waals surface area (Å²) in [7, 11) is 0. The molecule has 0 fully saturated rings. The molecule has 0 saturated heterocycles. The van der Waals surface area contributed by atoms with E-state index in [2.05, 4.69) is 40.8 Å². The SMILES string of the molecule is Cc1cnc(C(=O)Nc2cnc3c(CC(O)C(CO)Oc4cccc(NC(=O)c5cnc6ccc(-c7ccccc7C(F)(F)F)nn56)n4)cc(-c4ccccc4C(F)(F)F)nn23)s1. The molecule has 0 bridgehead atoms. The van der Waals surface area contributed by atoms with Gasteiger partial charge < -0.3 is 25.6 Å². The van der Waals surface area contributed by atoms with Crippen LogP contribution in [0.15, 0.2) is 104 Å². The minimum absolute atomic E-state index is 0.00473. The van der Waals surface area contributed by atoms with Crippen LogP contribution >= 0.6 is 11.3 Å². The Balaban J connectivity index is 1.04. The predicted molar refractivity (Wildman–Crippen MR) is 215 cm³/mol. The van der Waals surface area contributed by atoms with E-state index >= 15 is 0 Å². The minimum atomic E-state index is -4.77. The van der Waals surface area contributed by atoms with Crippen LogP contribution in [0.2, 0.25) is 0 Å². The van der Waals surface area contributed by atoms with Crippen molar-refractivity contribution in [2.75, 3.05) is 17.2 Å². The molecule has 0 aliphatic rings. The van der Waals surface area contributed by atoms with E-state index in [4.69, 9.17) is 4.74 Å². The Labute approximate surface area is 354 Å². The van der Waals surface area contributed by atoms with Crippen LogP contribution in [0.5, 0.6) is 5.88 Å². The number of thiazole rings is 1. The van der Waals surface area contributed by atoms with E-state index in [0.717, 1.165) is 37.4 Å². The number of imidazole rings is 2. The molecule has 8 aromatic rings.